The Hall–Kier alpha value is -0.770. The van der Waals surface area contributed by atoms with Gasteiger partial charge in [-0.1, -0.05) is 0 Å². The van der Waals surface area contributed by atoms with Crippen LogP contribution in [0.5, 0.6) is 0 Å². The molecule has 0 aliphatic carbocycles. The number of alkyl halides is 1. The Morgan fingerprint density at radius 1 is 0.800 bits per heavy atom. The first-order chi connectivity index (χ1) is 6.91. The quantitative estimate of drug-likeness (QED) is 0.325. The highest BCUT2D eigenvalue weighted by molar-refractivity contribution is 7.64. The van der Waals surface area contributed by atoms with Crippen molar-refractivity contribution in [3.63, 3.8) is 0 Å². The number of halogens is 6. The first-order valence-electron chi connectivity index (χ1n) is 3.70. The second-order valence-electron chi connectivity index (χ2n) is 2.74. The van der Waals surface area contributed by atoms with Crippen LogP contribution in [-0.2, 0) is 0 Å². The van der Waals surface area contributed by atoms with Gasteiger partial charge in [0.15, 0.2) is 23.3 Å². The van der Waals surface area contributed by atoms with Gasteiger partial charge in [0.1, 0.15) is 6.42 Å². The zero-order valence-electron chi connectivity index (χ0n) is 7.42. The molecule has 1 aromatic carbocycles. The molecule has 0 aliphatic heterocycles. The van der Waals surface area contributed by atoms with Crippen molar-refractivity contribution in [3.05, 3.63) is 29.1 Å². The number of hydrogen-bond acceptors (Lipinski definition) is 0. The van der Waals surface area contributed by atoms with Crippen molar-refractivity contribution in [1.82, 2.24) is 0 Å². The van der Waals surface area contributed by atoms with Crippen molar-refractivity contribution in [2.75, 3.05) is 13.1 Å². The van der Waals surface area contributed by atoms with Crippen LogP contribution in [0.4, 0.5) is 26.3 Å². The molecule has 0 aromatic heterocycles. The summed E-state index contributed by atoms with van der Waals surface area (Å²) in [5.41, 5.74) is 0. The maximum absolute atomic E-state index is 13.0. The fraction of sp³-hybridized carbons (Fsp3) is 0.250. The Morgan fingerprint density at radius 3 is 1.47 bits per heavy atom. The lowest BCUT2D eigenvalue weighted by Crippen LogP contribution is -2.19. The van der Waals surface area contributed by atoms with E-state index < -0.39 is 48.7 Å². The minimum atomic E-state index is -2.23. The van der Waals surface area contributed by atoms with Crippen molar-refractivity contribution in [3.8, 4) is 0 Å². The average Bonchev–Trinajstić information content (AvgIpc) is 2.23. The molecule has 0 heterocycles. The van der Waals surface area contributed by atoms with Gasteiger partial charge >= 0.3 is 0 Å². The first kappa shape index (κ1) is 12.3. The van der Waals surface area contributed by atoms with Crippen molar-refractivity contribution in [1.29, 1.82) is 0 Å². The molecular formula is C8H5F6P. The summed E-state index contributed by atoms with van der Waals surface area (Å²) in [6.45, 7) is 1.09. The molecule has 0 bridgehead atoms. The van der Waals surface area contributed by atoms with Gasteiger partial charge in [-0.05, 0) is 14.6 Å². The van der Waals surface area contributed by atoms with Crippen LogP contribution in [0.1, 0.15) is 0 Å². The zero-order valence-corrected chi connectivity index (χ0v) is 8.32. The normalized spacial score (nSPS) is 13.0. The van der Waals surface area contributed by atoms with E-state index in [1.54, 1.807) is 0 Å². The monoisotopic (exact) mass is 246 g/mol. The predicted octanol–water partition coefficient (Wildman–Crippen LogP) is 3.05. The van der Waals surface area contributed by atoms with Crippen molar-refractivity contribution < 1.29 is 26.3 Å². The molecule has 0 nitrogen and oxygen atoms in total. The van der Waals surface area contributed by atoms with Crippen molar-refractivity contribution >= 4 is 13.2 Å². The molecule has 15 heavy (non-hydrogen) atoms. The summed E-state index contributed by atoms with van der Waals surface area (Å²) in [4.78, 5) is 0. The maximum Gasteiger partial charge on any atom is 0.200 e. The average molecular weight is 246 g/mol. The molecule has 0 radical (unpaired) electrons. The number of benzene rings is 1. The van der Waals surface area contributed by atoms with Gasteiger partial charge in [-0.2, -0.15) is 0 Å². The molecule has 0 amide bonds. The largest absolute Gasteiger partial charge is 0.246 e. The molecule has 1 rings (SSSR count). The molecule has 1 aromatic rings. The third kappa shape index (κ3) is 1.95. The van der Waals surface area contributed by atoms with Crippen LogP contribution in [0.3, 0.4) is 0 Å². The maximum atomic E-state index is 13.0. The third-order valence-corrected chi connectivity index (χ3v) is 3.26. The van der Waals surface area contributed by atoms with Gasteiger partial charge in [0.05, 0.1) is 5.30 Å². The Morgan fingerprint density at radius 2 is 1.13 bits per heavy atom. The lowest BCUT2D eigenvalue weighted by Gasteiger charge is -2.12. The Balaban J connectivity index is 3.52. The van der Waals surface area contributed by atoms with E-state index in [2.05, 4.69) is 0 Å². The molecule has 0 saturated heterocycles. The third-order valence-electron chi connectivity index (χ3n) is 1.75. The minimum Gasteiger partial charge on any atom is -0.246 e. The van der Waals surface area contributed by atoms with Gasteiger partial charge in [0.25, 0.3) is 0 Å². The molecule has 0 fully saturated rings. The van der Waals surface area contributed by atoms with Gasteiger partial charge < -0.3 is 0 Å². The predicted molar refractivity (Wildman–Crippen MR) is 44.7 cm³/mol. The Kier molecular flexibility index (Phi) is 3.60. The van der Waals surface area contributed by atoms with E-state index in [1.807, 2.05) is 0 Å². The lowest BCUT2D eigenvalue weighted by molar-refractivity contribution is 0.384. The molecule has 84 valence electrons. The molecule has 0 aliphatic rings. The summed E-state index contributed by atoms with van der Waals surface area (Å²) in [6, 6.07) is 0. The van der Waals surface area contributed by atoms with Crippen molar-refractivity contribution in [2.45, 2.75) is 0 Å². The first-order valence-corrected chi connectivity index (χ1v) is 5.67. The van der Waals surface area contributed by atoms with E-state index in [0.717, 1.165) is 6.66 Å². The van der Waals surface area contributed by atoms with E-state index in [1.165, 1.54) is 0 Å². The van der Waals surface area contributed by atoms with Crippen LogP contribution in [0, 0.1) is 29.1 Å². The van der Waals surface area contributed by atoms with E-state index in [-0.39, 0.29) is 0 Å². The Labute approximate surface area is 82.7 Å². The fourth-order valence-electron chi connectivity index (χ4n) is 0.988. The summed E-state index contributed by atoms with van der Waals surface area (Å²) in [5, 5.41) is -1.05. The zero-order chi connectivity index (χ0) is 11.7. The van der Waals surface area contributed by atoms with Crippen LogP contribution in [-0.4, -0.2) is 13.1 Å². The molecular weight excluding hydrogens is 241 g/mol. The smallest absolute Gasteiger partial charge is 0.200 e. The summed E-state index contributed by atoms with van der Waals surface area (Å²) in [7, 11) is -2.02. The molecule has 1 atom stereocenters. The highest BCUT2D eigenvalue weighted by atomic mass is 31.1. The van der Waals surface area contributed by atoms with Crippen LogP contribution in [0.2, 0.25) is 0 Å². The van der Waals surface area contributed by atoms with Crippen LogP contribution in [0.15, 0.2) is 0 Å². The van der Waals surface area contributed by atoms with Crippen LogP contribution >= 0.6 is 7.92 Å². The highest BCUT2D eigenvalue weighted by Crippen LogP contribution is 2.34. The van der Waals surface area contributed by atoms with Gasteiger partial charge in [-0.25, -0.2) is 26.3 Å². The fourth-order valence-corrected chi connectivity index (χ4v) is 1.97. The van der Waals surface area contributed by atoms with Crippen LogP contribution in [0.25, 0.3) is 0 Å². The molecule has 1 unspecified atom stereocenters. The Bertz CT molecular complexity index is 362. The molecule has 0 saturated carbocycles. The number of rotatable bonds is 2. The van der Waals surface area contributed by atoms with Crippen LogP contribution < -0.4 is 5.30 Å². The summed E-state index contributed by atoms with van der Waals surface area (Å²) >= 11 is 0. The summed E-state index contributed by atoms with van der Waals surface area (Å²) in [5.74, 6) is -10.2. The topological polar surface area (TPSA) is 0 Å². The number of hydrogen-bond donors (Lipinski definition) is 0. The molecule has 7 heteroatoms. The second-order valence-corrected chi connectivity index (χ2v) is 4.82. The van der Waals surface area contributed by atoms with E-state index in [0.29, 0.717) is 0 Å². The standard InChI is InChI=1S/C8H5F6P/c1-15(2-9)8-6(13)4(11)3(10)5(12)7(8)14/h2H2,1H3. The van der Waals surface area contributed by atoms with Gasteiger partial charge in [0.2, 0.25) is 5.82 Å². The van der Waals surface area contributed by atoms with Gasteiger partial charge in [0, 0.05) is 0 Å². The molecule has 0 spiro atoms. The summed E-state index contributed by atoms with van der Waals surface area (Å²) < 4.78 is 75.9. The molecule has 0 N–H and O–H groups in total. The van der Waals surface area contributed by atoms with E-state index in [9.17, 15) is 26.3 Å². The highest BCUT2D eigenvalue weighted by Gasteiger charge is 2.28. The summed E-state index contributed by atoms with van der Waals surface area (Å²) in [6.07, 6.45) is -1.15. The van der Waals surface area contributed by atoms with E-state index >= 15 is 0 Å². The van der Waals surface area contributed by atoms with Crippen molar-refractivity contribution in [2.24, 2.45) is 0 Å². The van der Waals surface area contributed by atoms with Gasteiger partial charge in [-0.3, -0.25) is 0 Å². The second kappa shape index (κ2) is 4.39. The lowest BCUT2D eigenvalue weighted by atomic mass is 10.3. The van der Waals surface area contributed by atoms with E-state index in [4.69, 9.17) is 0 Å². The SMILES string of the molecule is CP(CF)c1c(F)c(F)c(F)c(F)c1F. The minimum absolute atomic E-state index is 1.05. The van der Waals surface area contributed by atoms with Gasteiger partial charge in [-0.15, -0.1) is 0 Å².